The second kappa shape index (κ2) is 17.1. The average molecular weight is 798 g/mol. The fraction of sp³-hybridized carbons (Fsp3) is 0.600. The van der Waals surface area contributed by atoms with Crippen molar-refractivity contribution in [2.75, 3.05) is 44.3 Å². The highest BCUT2D eigenvalue weighted by Gasteiger charge is 2.52. The minimum Gasteiger partial charge on any atom is -0.478 e. The summed E-state index contributed by atoms with van der Waals surface area (Å²) in [5.41, 5.74) is -1.85. The molecule has 12 nitrogen and oxygen atoms in total. The van der Waals surface area contributed by atoms with Gasteiger partial charge in [0.2, 0.25) is 17.7 Å². The zero-order chi connectivity index (χ0) is 40.4. The zero-order valence-electron chi connectivity index (χ0n) is 32.3. The number of aromatic nitrogens is 1. The Morgan fingerprint density at radius 2 is 1.71 bits per heavy atom. The highest BCUT2D eigenvalue weighted by atomic mass is 32.1. The molecule has 1 saturated carbocycles. The minimum absolute atomic E-state index is 0.00137. The number of benzene rings is 1. The van der Waals surface area contributed by atoms with Crippen molar-refractivity contribution in [3.63, 3.8) is 0 Å². The molecule has 302 valence electrons. The first-order chi connectivity index (χ1) is 26.6. The van der Waals surface area contributed by atoms with Gasteiger partial charge in [-0.25, -0.2) is 4.98 Å². The molecular weight excluding hydrogens is 748 g/mol. The number of pyridine rings is 1. The molecule has 3 saturated heterocycles. The molecule has 3 amide bonds. The first kappa shape index (κ1) is 41.5. The summed E-state index contributed by atoms with van der Waals surface area (Å²) in [5, 5.41) is 11.8. The van der Waals surface area contributed by atoms with Crippen molar-refractivity contribution in [1.82, 2.24) is 25.0 Å². The molecule has 1 aliphatic carbocycles. The van der Waals surface area contributed by atoms with Crippen molar-refractivity contribution < 1.29 is 37.0 Å². The second-order valence-electron chi connectivity index (χ2n) is 15.8. The molecule has 0 radical (unpaired) electrons. The fourth-order valence-electron chi connectivity index (χ4n) is 8.72. The van der Waals surface area contributed by atoms with Gasteiger partial charge in [0.15, 0.2) is 5.11 Å². The Hall–Kier alpha value is -4.17. The van der Waals surface area contributed by atoms with Crippen LogP contribution in [0.25, 0.3) is 0 Å². The number of carbonyl (C=O) groups is 3. The van der Waals surface area contributed by atoms with E-state index in [-0.39, 0.29) is 40.7 Å². The summed E-state index contributed by atoms with van der Waals surface area (Å²) in [4.78, 5) is 49.7. The molecule has 4 aliphatic rings. The average Bonchev–Trinajstić information content (AvgIpc) is 3.32. The molecule has 6 rings (SSSR count). The monoisotopic (exact) mass is 797 g/mol. The first-order valence-corrected chi connectivity index (χ1v) is 19.8. The number of amides is 3. The molecule has 0 bridgehead atoms. The van der Waals surface area contributed by atoms with Gasteiger partial charge < -0.3 is 14.4 Å². The molecule has 56 heavy (non-hydrogen) atoms. The third-order valence-electron chi connectivity index (χ3n) is 11.6. The molecule has 16 heteroatoms. The van der Waals surface area contributed by atoms with Gasteiger partial charge in [-0.3, -0.25) is 34.4 Å². The Bertz CT molecular complexity index is 1830. The van der Waals surface area contributed by atoms with Gasteiger partial charge in [0, 0.05) is 63.0 Å². The zero-order valence-corrected chi connectivity index (χ0v) is 33.1. The van der Waals surface area contributed by atoms with E-state index in [2.05, 4.69) is 33.9 Å². The van der Waals surface area contributed by atoms with Crippen molar-refractivity contribution in [1.29, 1.82) is 5.26 Å². The predicted molar refractivity (Wildman–Crippen MR) is 206 cm³/mol. The van der Waals surface area contributed by atoms with Crippen LogP contribution in [0.15, 0.2) is 36.5 Å². The highest BCUT2D eigenvalue weighted by molar-refractivity contribution is 7.80. The van der Waals surface area contributed by atoms with Gasteiger partial charge in [0.1, 0.15) is 5.54 Å². The minimum atomic E-state index is -4.75. The number of rotatable bonds is 12. The highest BCUT2D eigenvalue weighted by Crippen LogP contribution is 2.41. The normalized spacial score (nSPS) is 26.4. The Labute approximate surface area is 331 Å². The number of nitrogens with one attached hydrogen (secondary N) is 1. The molecule has 1 aromatic heterocycles. The van der Waals surface area contributed by atoms with Crippen LogP contribution in [0, 0.1) is 11.3 Å². The van der Waals surface area contributed by atoms with Crippen molar-refractivity contribution in [3.05, 3.63) is 53.2 Å². The van der Waals surface area contributed by atoms with Crippen LogP contribution < -0.4 is 15.0 Å². The molecule has 2 aromatic rings. The quantitative estimate of drug-likeness (QED) is 0.169. The molecule has 1 N–H and O–H groups in total. The number of hydrogen-bond donors (Lipinski definition) is 1. The third kappa shape index (κ3) is 9.01. The summed E-state index contributed by atoms with van der Waals surface area (Å²) >= 11 is 5.75. The van der Waals surface area contributed by atoms with E-state index in [1.165, 1.54) is 11.0 Å². The number of carbonyl (C=O) groups excluding carboxylic acids is 3. The van der Waals surface area contributed by atoms with Crippen LogP contribution in [-0.2, 0) is 25.3 Å². The standard InChI is InChI=1S/C40H50F3N7O5S/c1-25-23-47(24-26(2)48(25)16-5-18-55-35-20-27(14-15-45-35)32-12-13-34(51)46-36(32)52)17-19-54-31-10-8-29(9-11-31)50-38(56)49(37(53)39(50,3)4)30-7-6-28(22-44)33(21-30)40(41,42)43/h6-7,14-15,20-21,25-26,29,31-32H,5,8-13,16-19,23-24H2,1-4H3,(H,46,51,52)/t25-,26+,29?,31?,32?. The van der Waals surface area contributed by atoms with Crippen LogP contribution in [0.1, 0.15) is 95.2 Å². The number of imide groups is 1. The van der Waals surface area contributed by atoms with Gasteiger partial charge >= 0.3 is 6.18 Å². The van der Waals surface area contributed by atoms with E-state index in [4.69, 9.17) is 21.7 Å². The number of thiocarbonyl (C=S) groups is 1. The van der Waals surface area contributed by atoms with Crippen LogP contribution >= 0.6 is 12.2 Å². The number of piperazine rings is 1. The molecule has 3 aliphatic heterocycles. The molecule has 1 aromatic carbocycles. The number of anilines is 1. The molecule has 3 atom stereocenters. The number of piperidine rings is 1. The lowest BCUT2D eigenvalue weighted by molar-refractivity contribution is -0.138. The third-order valence-corrected chi connectivity index (χ3v) is 12.0. The summed E-state index contributed by atoms with van der Waals surface area (Å²) in [7, 11) is 0. The van der Waals surface area contributed by atoms with E-state index in [0.717, 1.165) is 76.0 Å². The van der Waals surface area contributed by atoms with Gasteiger partial charge in [0.05, 0.1) is 48.1 Å². The lowest BCUT2D eigenvalue weighted by Gasteiger charge is -2.44. The van der Waals surface area contributed by atoms with Crippen LogP contribution in [0.3, 0.4) is 0 Å². The molecule has 1 unspecified atom stereocenters. The maximum absolute atomic E-state index is 13.7. The van der Waals surface area contributed by atoms with Crippen LogP contribution in [-0.4, -0.2) is 112 Å². The van der Waals surface area contributed by atoms with E-state index in [1.807, 2.05) is 4.90 Å². The first-order valence-electron chi connectivity index (χ1n) is 19.4. The van der Waals surface area contributed by atoms with E-state index in [1.54, 1.807) is 38.2 Å². The Balaban J connectivity index is 0.920. The van der Waals surface area contributed by atoms with Crippen LogP contribution in [0.2, 0.25) is 0 Å². The van der Waals surface area contributed by atoms with E-state index in [0.29, 0.717) is 44.0 Å². The van der Waals surface area contributed by atoms with Gasteiger partial charge in [-0.1, -0.05) is 0 Å². The van der Waals surface area contributed by atoms with E-state index >= 15 is 0 Å². The molecule has 4 fully saturated rings. The van der Waals surface area contributed by atoms with Gasteiger partial charge in [-0.05, 0) is 108 Å². The summed E-state index contributed by atoms with van der Waals surface area (Å²) in [6.07, 6.45) is 1.60. The summed E-state index contributed by atoms with van der Waals surface area (Å²) in [6.45, 7) is 12.6. The van der Waals surface area contributed by atoms with E-state index < -0.39 is 28.7 Å². The number of ether oxygens (including phenoxy) is 2. The molecule has 0 spiro atoms. The van der Waals surface area contributed by atoms with Crippen molar-refractivity contribution in [2.24, 2.45) is 0 Å². The van der Waals surface area contributed by atoms with E-state index in [9.17, 15) is 32.8 Å². The van der Waals surface area contributed by atoms with Gasteiger partial charge in [0.25, 0.3) is 5.91 Å². The summed E-state index contributed by atoms with van der Waals surface area (Å²) in [5.74, 6) is -0.825. The smallest absolute Gasteiger partial charge is 0.417 e. The topological polar surface area (TPSA) is 131 Å². The van der Waals surface area contributed by atoms with Crippen molar-refractivity contribution >= 4 is 40.7 Å². The van der Waals surface area contributed by atoms with Crippen LogP contribution in [0.5, 0.6) is 5.88 Å². The fourth-order valence-corrected chi connectivity index (χ4v) is 9.28. The van der Waals surface area contributed by atoms with Crippen molar-refractivity contribution in [2.45, 2.75) is 115 Å². The molecular formula is C40H50F3N7O5S. The van der Waals surface area contributed by atoms with Gasteiger partial charge in [-0.15, -0.1) is 0 Å². The number of nitrogens with zero attached hydrogens (tertiary/aromatic N) is 6. The lowest BCUT2D eigenvalue weighted by atomic mass is 9.89. The van der Waals surface area contributed by atoms with Crippen molar-refractivity contribution in [3.8, 4) is 11.9 Å². The van der Waals surface area contributed by atoms with Gasteiger partial charge in [-0.2, -0.15) is 18.4 Å². The Kier molecular flexibility index (Phi) is 12.7. The van der Waals surface area contributed by atoms with Crippen LogP contribution in [0.4, 0.5) is 18.9 Å². The molecule has 4 heterocycles. The lowest BCUT2D eigenvalue weighted by Crippen LogP contribution is -2.57. The maximum atomic E-state index is 13.7. The predicted octanol–water partition coefficient (Wildman–Crippen LogP) is 5.40. The summed E-state index contributed by atoms with van der Waals surface area (Å²) in [6, 6.07) is 9.05. The summed E-state index contributed by atoms with van der Waals surface area (Å²) < 4.78 is 53.5. The number of halogens is 3. The maximum Gasteiger partial charge on any atom is 0.417 e. The number of alkyl halides is 3. The largest absolute Gasteiger partial charge is 0.478 e. The SMILES string of the molecule is C[C@@H]1CN(CCOC2CCC(N3C(=S)N(c4ccc(C#N)c(C(F)(F)F)c4)C(=O)C3(C)C)CC2)C[C@H](C)N1CCCOc1cc(C2CCC(=O)NC2=O)ccn1. The number of hydrogen-bond acceptors (Lipinski definition) is 10. The number of nitriles is 1. The Morgan fingerprint density at radius 3 is 2.38 bits per heavy atom. The second-order valence-corrected chi connectivity index (χ2v) is 16.2. The Morgan fingerprint density at radius 1 is 1.00 bits per heavy atom.